The number of anilines is 1. The number of terminal acetylenes is 1. The second kappa shape index (κ2) is 9.10. The molecule has 1 heterocycles. The summed E-state index contributed by atoms with van der Waals surface area (Å²) in [5, 5.41) is 2.88. The van der Waals surface area contributed by atoms with Crippen molar-refractivity contribution in [3.05, 3.63) is 66.6 Å². The number of aromatic nitrogens is 2. The molecular weight excluding hydrogens is 354 g/mol. The second-order valence-electron chi connectivity index (χ2n) is 5.73. The zero-order chi connectivity index (χ0) is 19.8. The first-order valence-electron chi connectivity index (χ1n) is 8.53. The van der Waals surface area contributed by atoms with E-state index in [9.17, 15) is 4.79 Å². The van der Waals surface area contributed by atoms with E-state index in [1.807, 2.05) is 30.3 Å². The van der Waals surface area contributed by atoms with E-state index >= 15 is 0 Å². The predicted molar refractivity (Wildman–Crippen MR) is 109 cm³/mol. The Morgan fingerprint density at radius 3 is 2.89 bits per heavy atom. The Labute approximate surface area is 163 Å². The largest absolute Gasteiger partial charge is 0.493 e. The van der Waals surface area contributed by atoms with E-state index in [-0.39, 0.29) is 12.5 Å². The number of hydrogen-bond acceptors (Lipinski definition) is 4. The molecule has 0 unspecified atom stereocenters. The highest BCUT2D eigenvalue weighted by Gasteiger charge is 2.08. The molecule has 28 heavy (non-hydrogen) atoms. The highest BCUT2D eigenvalue weighted by atomic mass is 16.5. The summed E-state index contributed by atoms with van der Waals surface area (Å²) >= 11 is 0. The fourth-order valence-electron chi connectivity index (χ4n) is 2.60. The molecule has 0 aliphatic carbocycles. The first kappa shape index (κ1) is 18.8. The maximum atomic E-state index is 12.4. The van der Waals surface area contributed by atoms with Crippen molar-refractivity contribution in [2.24, 2.45) is 0 Å². The first-order chi connectivity index (χ1) is 13.7. The minimum atomic E-state index is -0.255. The van der Waals surface area contributed by atoms with Crippen LogP contribution in [0.2, 0.25) is 0 Å². The number of ether oxygens (including phenoxy) is 2. The number of rotatable bonds is 7. The van der Waals surface area contributed by atoms with Gasteiger partial charge in [0, 0.05) is 17.8 Å². The van der Waals surface area contributed by atoms with Crippen molar-refractivity contribution >= 4 is 17.7 Å². The summed E-state index contributed by atoms with van der Waals surface area (Å²) in [7, 11) is 1.55. The molecule has 0 spiro atoms. The topological polar surface area (TPSA) is 76.2 Å². The number of imidazole rings is 1. The molecule has 0 radical (unpaired) electrons. The van der Waals surface area contributed by atoms with Gasteiger partial charge in [0.05, 0.1) is 24.8 Å². The quantitative estimate of drug-likeness (QED) is 0.488. The number of aromatic amines is 1. The van der Waals surface area contributed by atoms with Crippen LogP contribution in [0.25, 0.3) is 17.3 Å². The summed E-state index contributed by atoms with van der Waals surface area (Å²) in [6.45, 7) is 0.156. The molecule has 6 nitrogen and oxygen atoms in total. The zero-order valence-electron chi connectivity index (χ0n) is 15.3. The number of carbonyl (C=O) groups excluding carboxylic acids is 1. The molecule has 0 fully saturated rings. The van der Waals surface area contributed by atoms with E-state index in [0.717, 1.165) is 16.8 Å². The summed E-state index contributed by atoms with van der Waals surface area (Å²) in [6.07, 6.45) is 11.7. The van der Waals surface area contributed by atoms with Crippen molar-refractivity contribution < 1.29 is 14.3 Å². The second-order valence-corrected chi connectivity index (χ2v) is 5.73. The molecule has 0 saturated heterocycles. The van der Waals surface area contributed by atoms with Gasteiger partial charge < -0.3 is 19.8 Å². The molecule has 2 aromatic carbocycles. The van der Waals surface area contributed by atoms with Gasteiger partial charge in [0.15, 0.2) is 11.5 Å². The SMILES string of the molecule is C#CCOc1ccc(/C=C/C(=O)Nc2ccccc2-c2c[nH]cn2)cc1OC. The van der Waals surface area contributed by atoms with Gasteiger partial charge in [-0.15, -0.1) is 6.42 Å². The monoisotopic (exact) mass is 373 g/mol. The van der Waals surface area contributed by atoms with Crippen molar-refractivity contribution in [3.63, 3.8) is 0 Å². The lowest BCUT2D eigenvalue weighted by molar-refractivity contribution is -0.111. The van der Waals surface area contributed by atoms with E-state index in [2.05, 4.69) is 21.2 Å². The smallest absolute Gasteiger partial charge is 0.248 e. The Morgan fingerprint density at radius 1 is 1.29 bits per heavy atom. The third kappa shape index (κ3) is 4.59. The molecular formula is C22H19N3O3. The fourth-order valence-corrected chi connectivity index (χ4v) is 2.60. The summed E-state index contributed by atoms with van der Waals surface area (Å²) in [5.41, 5.74) is 3.06. The van der Waals surface area contributed by atoms with Crippen LogP contribution >= 0.6 is 0 Å². The van der Waals surface area contributed by atoms with Crippen LogP contribution in [0, 0.1) is 12.3 Å². The van der Waals surface area contributed by atoms with Crippen LogP contribution in [-0.4, -0.2) is 29.6 Å². The van der Waals surface area contributed by atoms with Gasteiger partial charge in [0.1, 0.15) is 6.61 Å². The number of H-pyrrole nitrogens is 1. The van der Waals surface area contributed by atoms with E-state index in [0.29, 0.717) is 17.2 Å². The standard InChI is InChI=1S/C22H19N3O3/c1-3-12-28-20-10-8-16(13-21(20)27-2)9-11-22(26)25-18-7-5-4-6-17(18)19-14-23-15-24-19/h1,4-11,13-15H,12H2,2H3,(H,23,24)(H,25,26)/b11-9+. The van der Waals surface area contributed by atoms with Gasteiger partial charge in [-0.3, -0.25) is 4.79 Å². The van der Waals surface area contributed by atoms with Crippen LogP contribution in [0.15, 0.2) is 61.1 Å². The van der Waals surface area contributed by atoms with Crippen molar-refractivity contribution in [1.82, 2.24) is 9.97 Å². The minimum absolute atomic E-state index is 0.156. The lowest BCUT2D eigenvalue weighted by Crippen LogP contribution is -2.08. The summed E-state index contributed by atoms with van der Waals surface area (Å²) in [5.74, 6) is 3.25. The van der Waals surface area contributed by atoms with E-state index in [4.69, 9.17) is 15.9 Å². The maximum Gasteiger partial charge on any atom is 0.248 e. The Bertz CT molecular complexity index is 1020. The molecule has 0 atom stereocenters. The summed E-state index contributed by atoms with van der Waals surface area (Å²) < 4.78 is 10.7. The van der Waals surface area contributed by atoms with E-state index < -0.39 is 0 Å². The lowest BCUT2D eigenvalue weighted by Gasteiger charge is -2.09. The number of para-hydroxylation sites is 1. The van der Waals surface area contributed by atoms with Gasteiger partial charge in [-0.1, -0.05) is 30.2 Å². The Morgan fingerprint density at radius 2 is 2.14 bits per heavy atom. The molecule has 0 saturated carbocycles. The van der Waals surface area contributed by atoms with Gasteiger partial charge >= 0.3 is 0 Å². The zero-order valence-corrected chi connectivity index (χ0v) is 15.3. The maximum absolute atomic E-state index is 12.4. The van der Waals surface area contributed by atoms with E-state index in [1.165, 1.54) is 6.08 Å². The number of methoxy groups -OCH3 is 1. The fraction of sp³-hybridized carbons (Fsp3) is 0.0909. The molecule has 0 aliphatic heterocycles. The molecule has 2 N–H and O–H groups in total. The van der Waals surface area contributed by atoms with Crippen LogP contribution < -0.4 is 14.8 Å². The van der Waals surface area contributed by atoms with Gasteiger partial charge in [0.2, 0.25) is 5.91 Å². The molecule has 0 bridgehead atoms. The third-order valence-electron chi connectivity index (χ3n) is 3.88. The van der Waals surface area contributed by atoms with Crippen LogP contribution in [0.5, 0.6) is 11.5 Å². The number of amides is 1. The number of nitrogens with one attached hydrogen (secondary N) is 2. The van der Waals surface area contributed by atoms with Gasteiger partial charge in [-0.05, 0) is 29.8 Å². The van der Waals surface area contributed by atoms with Gasteiger partial charge in [-0.2, -0.15) is 0 Å². The highest BCUT2D eigenvalue weighted by molar-refractivity contribution is 6.04. The summed E-state index contributed by atoms with van der Waals surface area (Å²) in [6, 6.07) is 12.8. The highest BCUT2D eigenvalue weighted by Crippen LogP contribution is 2.29. The normalized spacial score (nSPS) is 10.4. The molecule has 140 valence electrons. The number of carbonyl (C=O) groups is 1. The minimum Gasteiger partial charge on any atom is -0.493 e. The number of hydrogen-bond donors (Lipinski definition) is 2. The average molecular weight is 373 g/mol. The Hall–Kier alpha value is -3.98. The number of nitrogens with zero attached hydrogens (tertiary/aromatic N) is 1. The Kier molecular flexibility index (Phi) is 6.11. The van der Waals surface area contributed by atoms with Gasteiger partial charge in [0.25, 0.3) is 0 Å². The Balaban J connectivity index is 1.72. The number of benzene rings is 2. The van der Waals surface area contributed by atoms with Crippen molar-refractivity contribution in [2.45, 2.75) is 0 Å². The van der Waals surface area contributed by atoms with Gasteiger partial charge in [-0.25, -0.2) is 4.98 Å². The summed E-state index contributed by atoms with van der Waals surface area (Å²) in [4.78, 5) is 19.5. The molecule has 6 heteroatoms. The molecule has 3 rings (SSSR count). The van der Waals surface area contributed by atoms with Crippen LogP contribution in [0.3, 0.4) is 0 Å². The van der Waals surface area contributed by atoms with Crippen molar-refractivity contribution in [3.8, 4) is 35.1 Å². The average Bonchev–Trinajstić information content (AvgIpc) is 3.26. The molecule has 3 aromatic rings. The molecule has 1 amide bonds. The molecule has 1 aromatic heterocycles. The first-order valence-corrected chi connectivity index (χ1v) is 8.53. The van der Waals surface area contributed by atoms with Crippen molar-refractivity contribution in [2.75, 3.05) is 19.0 Å². The van der Waals surface area contributed by atoms with E-state index in [1.54, 1.807) is 37.8 Å². The lowest BCUT2D eigenvalue weighted by atomic mass is 10.1. The predicted octanol–water partition coefficient (Wildman–Crippen LogP) is 3.75. The van der Waals surface area contributed by atoms with Crippen LogP contribution in [-0.2, 0) is 4.79 Å². The third-order valence-corrected chi connectivity index (χ3v) is 3.88. The molecule has 0 aliphatic rings. The van der Waals surface area contributed by atoms with Crippen molar-refractivity contribution in [1.29, 1.82) is 0 Å². The van der Waals surface area contributed by atoms with Crippen LogP contribution in [0.1, 0.15) is 5.56 Å². The van der Waals surface area contributed by atoms with Crippen LogP contribution in [0.4, 0.5) is 5.69 Å².